The van der Waals surface area contributed by atoms with E-state index in [9.17, 15) is 44.7 Å². The lowest BCUT2D eigenvalue weighted by molar-refractivity contribution is 0.103. The van der Waals surface area contributed by atoms with Gasteiger partial charge in [-0.2, -0.15) is 10.5 Å². The summed E-state index contributed by atoms with van der Waals surface area (Å²) in [5.74, 6) is -15.5. The van der Waals surface area contributed by atoms with Gasteiger partial charge in [0.15, 0.2) is 58.1 Å². The summed E-state index contributed by atoms with van der Waals surface area (Å²) in [5.41, 5.74) is -4.35. The summed E-state index contributed by atoms with van der Waals surface area (Å²) in [6, 6.07) is 9.68. The molecule has 0 radical (unpaired) electrons. The number of allylic oxidation sites excluding steroid dienone is 4. The number of hydrogen-bond acceptors (Lipinski definition) is 6. The van der Waals surface area contributed by atoms with Crippen LogP contribution in [0.3, 0.4) is 0 Å². The number of nitrogens with zero attached hydrogens (tertiary/aromatic N) is 2. The SMILES string of the molecule is N#Cc1c(F)c(F)c(-c2ccc3c4c(sc3c2)C2=CC(=O)c3sc5cc(-c6c(F)c(F)c(C#N)c(F)c6F)ccc5c3C2=CC4=O)c(F)c1F. The minimum atomic E-state index is -1.86. The van der Waals surface area contributed by atoms with E-state index < -0.39 is 80.4 Å². The van der Waals surface area contributed by atoms with Gasteiger partial charge in [-0.25, -0.2) is 35.1 Å². The van der Waals surface area contributed by atoms with E-state index in [4.69, 9.17) is 10.5 Å². The maximum absolute atomic E-state index is 14.9. The third-order valence-electron chi connectivity index (χ3n) is 8.53. The zero-order valence-corrected chi connectivity index (χ0v) is 25.8. The third-order valence-corrected chi connectivity index (χ3v) is 10.9. The van der Waals surface area contributed by atoms with Crippen LogP contribution in [0.25, 0.3) is 53.6 Å². The van der Waals surface area contributed by atoms with Gasteiger partial charge in [-0.15, -0.1) is 22.7 Å². The molecular weight excluding hydrogens is 709 g/mol. The topological polar surface area (TPSA) is 81.7 Å². The standard InChI is InChI=1S/C36H8F8N2O2S2/c37-27-17(9-45)28(38)32(42)23(31(27)41)11-1-3-13-21(5-11)50-36-20(48)8-16-15(25(13)36)7-19(47)26-14-4-2-12(6-22(14)49-35(16)26)24-33(43)29(39)18(10-46)30(40)34(24)44/h1-8H. The van der Waals surface area contributed by atoms with Gasteiger partial charge in [0.05, 0.1) is 16.0 Å². The van der Waals surface area contributed by atoms with Gasteiger partial charge >= 0.3 is 0 Å². The highest BCUT2D eigenvalue weighted by Gasteiger charge is 2.36. The first kappa shape index (κ1) is 31.3. The van der Waals surface area contributed by atoms with Crippen LogP contribution in [0.15, 0.2) is 48.6 Å². The van der Waals surface area contributed by atoms with Crippen molar-refractivity contribution < 1.29 is 44.7 Å². The summed E-state index contributed by atoms with van der Waals surface area (Å²) in [4.78, 5) is 27.6. The first-order valence-electron chi connectivity index (χ1n) is 14.1. The molecule has 0 bridgehead atoms. The summed E-state index contributed by atoms with van der Waals surface area (Å²) in [7, 11) is 0. The number of ketones is 2. The molecule has 2 aliphatic carbocycles. The number of halogens is 8. The molecule has 0 atom stereocenters. The van der Waals surface area contributed by atoms with Gasteiger partial charge in [-0.3, -0.25) is 9.59 Å². The molecule has 14 heteroatoms. The molecule has 50 heavy (non-hydrogen) atoms. The van der Waals surface area contributed by atoms with Crippen LogP contribution in [0.4, 0.5) is 35.1 Å². The molecule has 0 saturated carbocycles. The van der Waals surface area contributed by atoms with Gasteiger partial charge in [-0.1, -0.05) is 24.3 Å². The van der Waals surface area contributed by atoms with Gasteiger partial charge in [0.25, 0.3) is 0 Å². The second-order valence-corrected chi connectivity index (χ2v) is 13.2. The second kappa shape index (κ2) is 10.8. The number of carbonyl (C=O) groups is 2. The Morgan fingerprint density at radius 1 is 0.480 bits per heavy atom. The molecule has 0 saturated heterocycles. The molecular formula is C36H8F8N2O2S2. The van der Waals surface area contributed by atoms with Crippen molar-refractivity contribution in [3.8, 4) is 34.4 Å². The molecule has 0 aliphatic heterocycles. The monoisotopic (exact) mass is 716 g/mol. The molecule has 6 aromatic rings. The summed E-state index contributed by atoms with van der Waals surface area (Å²) in [5, 5.41) is 18.5. The summed E-state index contributed by atoms with van der Waals surface area (Å²) >= 11 is 1.89. The minimum Gasteiger partial charge on any atom is -0.289 e. The van der Waals surface area contributed by atoms with Gasteiger partial charge < -0.3 is 0 Å². The van der Waals surface area contributed by atoms with Crippen molar-refractivity contribution in [2.75, 3.05) is 0 Å². The highest BCUT2D eigenvalue weighted by Crippen LogP contribution is 2.52. The molecule has 242 valence electrons. The Labute approximate surface area is 281 Å². The molecule has 0 fully saturated rings. The fraction of sp³-hybridized carbons (Fsp3) is 0. The Kier molecular flexibility index (Phi) is 6.75. The molecule has 4 nitrogen and oxygen atoms in total. The van der Waals surface area contributed by atoms with Crippen LogP contribution in [-0.4, -0.2) is 11.6 Å². The fourth-order valence-corrected chi connectivity index (χ4v) is 8.74. The molecule has 2 heterocycles. The maximum atomic E-state index is 14.9. The van der Waals surface area contributed by atoms with E-state index in [1.54, 1.807) is 0 Å². The van der Waals surface area contributed by atoms with E-state index >= 15 is 0 Å². The van der Waals surface area contributed by atoms with Crippen molar-refractivity contribution in [2.24, 2.45) is 0 Å². The molecule has 2 aliphatic rings. The van der Waals surface area contributed by atoms with Crippen molar-refractivity contribution in [1.29, 1.82) is 10.5 Å². The molecule has 0 spiro atoms. The molecule has 0 unspecified atom stereocenters. The minimum absolute atomic E-state index is 0.165. The number of hydrogen-bond donors (Lipinski definition) is 0. The molecule has 0 N–H and O–H groups in total. The van der Waals surface area contributed by atoms with E-state index in [1.165, 1.54) is 42.5 Å². The predicted octanol–water partition coefficient (Wildman–Crippen LogP) is 10.2. The molecule has 8 rings (SSSR count). The fourth-order valence-electron chi connectivity index (χ4n) is 6.30. The van der Waals surface area contributed by atoms with Gasteiger partial charge in [-0.05, 0) is 41.0 Å². The van der Waals surface area contributed by atoms with Crippen LogP contribution in [0.5, 0.6) is 0 Å². The Morgan fingerprint density at radius 3 is 1.36 bits per heavy atom. The van der Waals surface area contributed by atoms with Crippen molar-refractivity contribution in [1.82, 2.24) is 0 Å². The normalized spacial score (nSPS) is 13.5. The Balaban J connectivity index is 1.26. The molecule has 0 amide bonds. The second-order valence-electron chi connectivity index (χ2n) is 11.1. The largest absolute Gasteiger partial charge is 0.289 e. The van der Waals surface area contributed by atoms with Crippen LogP contribution in [-0.2, 0) is 0 Å². The highest BCUT2D eigenvalue weighted by atomic mass is 32.1. The van der Waals surface area contributed by atoms with Crippen LogP contribution in [0.2, 0.25) is 0 Å². The lowest BCUT2D eigenvalue weighted by atomic mass is 9.82. The lowest BCUT2D eigenvalue weighted by Gasteiger charge is -2.21. The highest BCUT2D eigenvalue weighted by molar-refractivity contribution is 7.22. The van der Waals surface area contributed by atoms with Gasteiger partial charge in [0.1, 0.15) is 23.3 Å². The number of benzene rings is 4. The van der Waals surface area contributed by atoms with Crippen molar-refractivity contribution in [3.05, 3.63) is 127 Å². The Bertz CT molecular complexity index is 2760. The van der Waals surface area contributed by atoms with Crippen molar-refractivity contribution in [2.45, 2.75) is 0 Å². The first-order valence-corrected chi connectivity index (χ1v) is 15.7. The Morgan fingerprint density at radius 2 is 0.900 bits per heavy atom. The quantitative estimate of drug-likeness (QED) is 0.132. The number of thiophene rings is 2. The van der Waals surface area contributed by atoms with E-state index in [1.807, 2.05) is 0 Å². The zero-order valence-electron chi connectivity index (χ0n) is 24.2. The molecule has 2 aromatic heterocycles. The summed E-state index contributed by atoms with van der Waals surface area (Å²) in [6.07, 6.45) is 2.57. The number of fused-ring (bicyclic) bond motifs is 9. The average molecular weight is 717 g/mol. The van der Waals surface area contributed by atoms with Gasteiger partial charge in [0.2, 0.25) is 0 Å². The maximum Gasteiger partial charge on any atom is 0.197 e. The van der Waals surface area contributed by atoms with Crippen molar-refractivity contribution >= 4 is 65.6 Å². The molecule has 4 aromatic carbocycles. The number of rotatable bonds is 2. The predicted molar refractivity (Wildman–Crippen MR) is 168 cm³/mol. The van der Waals surface area contributed by atoms with Crippen LogP contribution >= 0.6 is 22.7 Å². The lowest BCUT2D eigenvalue weighted by Crippen LogP contribution is -2.12. The van der Waals surface area contributed by atoms with E-state index in [-0.39, 0.29) is 31.0 Å². The summed E-state index contributed by atoms with van der Waals surface area (Å²) in [6.45, 7) is 0. The van der Waals surface area contributed by atoms with E-state index in [0.29, 0.717) is 32.4 Å². The average Bonchev–Trinajstić information content (AvgIpc) is 3.68. The van der Waals surface area contributed by atoms with Crippen LogP contribution < -0.4 is 0 Å². The summed E-state index contributed by atoms with van der Waals surface area (Å²) < 4.78 is 118. The Hall–Kier alpha value is -5.96. The van der Waals surface area contributed by atoms with E-state index in [0.717, 1.165) is 40.9 Å². The first-order chi connectivity index (χ1) is 23.9. The number of nitriles is 2. The third kappa shape index (κ3) is 4.06. The van der Waals surface area contributed by atoms with Gasteiger partial charge in [0, 0.05) is 41.7 Å². The van der Waals surface area contributed by atoms with Crippen molar-refractivity contribution in [3.63, 3.8) is 0 Å². The zero-order chi connectivity index (χ0) is 35.5. The van der Waals surface area contributed by atoms with Crippen LogP contribution in [0, 0.1) is 69.2 Å². The number of carbonyl (C=O) groups excluding carboxylic acids is 2. The smallest absolute Gasteiger partial charge is 0.197 e. The van der Waals surface area contributed by atoms with Crippen LogP contribution in [0.1, 0.15) is 41.6 Å². The van der Waals surface area contributed by atoms with E-state index in [2.05, 4.69) is 0 Å².